The van der Waals surface area contributed by atoms with Gasteiger partial charge in [0.05, 0.1) is 6.61 Å². The van der Waals surface area contributed by atoms with Crippen LogP contribution in [0.1, 0.15) is 23.8 Å². The molecule has 6 heteroatoms. The summed E-state index contributed by atoms with van der Waals surface area (Å²) in [6.45, 7) is 4.77. The Hall–Kier alpha value is -1.53. The van der Waals surface area contributed by atoms with E-state index in [1.807, 2.05) is 6.92 Å². The van der Waals surface area contributed by atoms with Gasteiger partial charge in [0.2, 0.25) is 5.95 Å². The number of halogens is 1. The second-order valence-electron chi connectivity index (χ2n) is 4.92. The van der Waals surface area contributed by atoms with Gasteiger partial charge in [-0.2, -0.15) is 4.39 Å². The lowest BCUT2D eigenvalue weighted by atomic mass is 10.1. The summed E-state index contributed by atoms with van der Waals surface area (Å²) in [5, 5.41) is 9.29. The fourth-order valence-corrected chi connectivity index (χ4v) is 2.48. The summed E-state index contributed by atoms with van der Waals surface area (Å²) in [7, 11) is 0. The number of aliphatic hydroxyl groups is 1. The molecule has 110 valence electrons. The molecule has 0 radical (unpaired) electrons. The minimum Gasteiger partial charge on any atom is -0.395 e. The SMILES string of the molecule is CCC(CO)N1CCN(C(=O)c2cccc(F)n2)CC1. The molecule has 2 heterocycles. The minimum absolute atomic E-state index is 0.135. The number of nitrogens with zero attached hydrogens (tertiary/aromatic N) is 3. The maximum Gasteiger partial charge on any atom is 0.272 e. The molecule has 2 rings (SSSR count). The van der Waals surface area contributed by atoms with Crippen LogP contribution in [0, 0.1) is 5.95 Å². The van der Waals surface area contributed by atoms with E-state index in [-0.39, 0.29) is 24.2 Å². The molecule has 0 aliphatic carbocycles. The van der Waals surface area contributed by atoms with Crippen molar-refractivity contribution in [2.24, 2.45) is 0 Å². The summed E-state index contributed by atoms with van der Waals surface area (Å²) < 4.78 is 13.0. The molecule has 0 aromatic carbocycles. The van der Waals surface area contributed by atoms with Crippen LogP contribution in [-0.4, -0.2) is 64.6 Å². The lowest BCUT2D eigenvalue weighted by Gasteiger charge is -2.38. The molecule has 1 atom stereocenters. The Balaban J connectivity index is 1.95. The number of rotatable bonds is 4. The normalized spacial score (nSPS) is 18.1. The van der Waals surface area contributed by atoms with Crippen LogP contribution in [0.2, 0.25) is 0 Å². The van der Waals surface area contributed by atoms with Crippen molar-refractivity contribution in [1.82, 2.24) is 14.8 Å². The third-order valence-corrected chi connectivity index (χ3v) is 3.73. The molecule has 1 aromatic rings. The standard InChI is InChI=1S/C14H20FN3O2/c1-2-11(10-19)17-6-8-18(9-7-17)14(20)12-4-3-5-13(15)16-12/h3-5,11,19H,2,6-10H2,1H3. The zero-order chi connectivity index (χ0) is 14.5. The van der Waals surface area contributed by atoms with Gasteiger partial charge in [0, 0.05) is 32.2 Å². The highest BCUT2D eigenvalue weighted by atomic mass is 19.1. The van der Waals surface area contributed by atoms with E-state index in [0.29, 0.717) is 13.1 Å². The maximum atomic E-state index is 13.0. The van der Waals surface area contributed by atoms with E-state index in [0.717, 1.165) is 19.5 Å². The smallest absolute Gasteiger partial charge is 0.272 e. The van der Waals surface area contributed by atoms with Gasteiger partial charge in [0.25, 0.3) is 5.91 Å². The molecule has 1 saturated heterocycles. The highest BCUT2D eigenvalue weighted by Crippen LogP contribution is 2.11. The van der Waals surface area contributed by atoms with E-state index in [9.17, 15) is 14.3 Å². The number of carbonyl (C=O) groups excluding carboxylic acids is 1. The number of hydrogen-bond acceptors (Lipinski definition) is 4. The monoisotopic (exact) mass is 281 g/mol. The third kappa shape index (κ3) is 3.32. The molecule has 1 N–H and O–H groups in total. The molecule has 1 aromatic heterocycles. The molecule has 1 aliphatic rings. The van der Waals surface area contributed by atoms with Crippen molar-refractivity contribution in [3.05, 3.63) is 29.8 Å². The summed E-state index contributed by atoms with van der Waals surface area (Å²) >= 11 is 0. The average Bonchev–Trinajstić information content (AvgIpc) is 2.48. The van der Waals surface area contributed by atoms with E-state index in [1.54, 1.807) is 4.90 Å². The molecule has 0 saturated carbocycles. The molecule has 1 aliphatic heterocycles. The van der Waals surface area contributed by atoms with E-state index in [4.69, 9.17) is 0 Å². The lowest BCUT2D eigenvalue weighted by Crippen LogP contribution is -2.52. The van der Waals surface area contributed by atoms with Crippen LogP contribution in [0.15, 0.2) is 18.2 Å². The van der Waals surface area contributed by atoms with Crippen LogP contribution in [0.25, 0.3) is 0 Å². The minimum atomic E-state index is -0.638. The Kier molecular flexibility index (Phi) is 5.03. The zero-order valence-corrected chi connectivity index (χ0v) is 11.6. The number of hydrogen-bond donors (Lipinski definition) is 1. The summed E-state index contributed by atoms with van der Waals surface area (Å²) in [6, 6.07) is 4.40. The van der Waals surface area contributed by atoms with Gasteiger partial charge in [-0.1, -0.05) is 13.0 Å². The number of aromatic nitrogens is 1. The molecule has 1 unspecified atom stereocenters. The topological polar surface area (TPSA) is 56.7 Å². The summed E-state index contributed by atoms with van der Waals surface area (Å²) in [4.78, 5) is 19.7. The van der Waals surface area contributed by atoms with Crippen molar-refractivity contribution in [2.45, 2.75) is 19.4 Å². The van der Waals surface area contributed by atoms with Crippen LogP contribution in [0.4, 0.5) is 4.39 Å². The predicted octanol–water partition coefficient (Wildman–Crippen LogP) is 0.749. The number of aliphatic hydroxyl groups excluding tert-OH is 1. The van der Waals surface area contributed by atoms with Gasteiger partial charge >= 0.3 is 0 Å². The molecular weight excluding hydrogens is 261 g/mol. The average molecular weight is 281 g/mol. The van der Waals surface area contributed by atoms with Gasteiger partial charge in [-0.05, 0) is 18.6 Å². The quantitative estimate of drug-likeness (QED) is 0.828. The first-order valence-electron chi connectivity index (χ1n) is 6.92. The van der Waals surface area contributed by atoms with Crippen LogP contribution >= 0.6 is 0 Å². The van der Waals surface area contributed by atoms with Crippen LogP contribution in [-0.2, 0) is 0 Å². The Morgan fingerprint density at radius 2 is 2.10 bits per heavy atom. The first kappa shape index (κ1) is 14.9. The highest BCUT2D eigenvalue weighted by molar-refractivity contribution is 5.92. The van der Waals surface area contributed by atoms with Crippen LogP contribution < -0.4 is 0 Å². The fraction of sp³-hybridized carbons (Fsp3) is 0.571. The first-order chi connectivity index (χ1) is 9.65. The molecule has 0 spiro atoms. The van der Waals surface area contributed by atoms with E-state index in [1.165, 1.54) is 18.2 Å². The number of pyridine rings is 1. The Morgan fingerprint density at radius 3 is 2.65 bits per heavy atom. The largest absolute Gasteiger partial charge is 0.395 e. The van der Waals surface area contributed by atoms with Gasteiger partial charge in [-0.15, -0.1) is 0 Å². The molecule has 5 nitrogen and oxygen atoms in total. The van der Waals surface area contributed by atoms with Crippen molar-refractivity contribution in [1.29, 1.82) is 0 Å². The summed E-state index contributed by atoms with van der Waals surface area (Å²) in [5.74, 6) is -0.873. The van der Waals surface area contributed by atoms with Gasteiger partial charge in [0.1, 0.15) is 5.69 Å². The van der Waals surface area contributed by atoms with Crippen molar-refractivity contribution >= 4 is 5.91 Å². The van der Waals surface area contributed by atoms with Crippen molar-refractivity contribution < 1.29 is 14.3 Å². The van der Waals surface area contributed by atoms with Crippen molar-refractivity contribution in [2.75, 3.05) is 32.8 Å². The second kappa shape index (κ2) is 6.76. The van der Waals surface area contributed by atoms with Crippen LogP contribution in [0.3, 0.4) is 0 Å². The van der Waals surface area contributed by atoms with Crippen molar-refractivity contribution in [3.63, 3.8) is 0 Å². The predicted molar refractivity (Wildman–Crippen MR) is 72.8 cm³/mol. The Bertz CT molecular complexity index is 457. The second-order valence-corrected chi connectivity index (χ2v) is 4.92. The molecular formula is C14H20FN3O2. The summed E-state index contributed by atoms with van der Waals surface area (Å²) in [5.41, 5.74) is 0.146. The Labute approximate surface area is 118 Å². The lowest BCUT2D eigenvalue weighted by molar-refractivity contribution is 0.0467. The zero-order valence-electron chi connectivity index (χ0n) is 11.6. The van der Waals surface area contributed by atoms with Gasteiger partial charge in [-0.25, -0.2) is 4.98 Å². The number of piperazine rings is 1. The fourth-order valence-electron chi connectivity index (χ4n) is 2.48. The van der Waals surface area contributed by atoms with E-state index >= 15 is 0 Å². The Morgan fingerprint density at radius 1 is 1.40 bits per heavy atom. The molecule has 0 bridgehead atoms. The third-order valence-electron chi connectivity index (χ3n) is 3.73. The molecule has 20 heavy (non-hydrogen) atoms. The van der Waals surface area contributed by atoms with Crippen molar-refractivity contribution in [3.8, 4) is 0 Å². The molecule has 1 amide bonds. The van der Waals surface area contributed by atoms with E-state index in [2.05, 4.69) is 9.88 Å². The maximum absolute atomic E-state index is 13.0. The van der Waals surface area contributed by atoms with Gasteiger partial charge in [-0.3, -0.25) is 9.69 Å². The molecule has 1 fully saturated rings. The number of carbonyl (C=O) groups is 1. The highest BCUT2D eigenvalue weighted by Gasteiger charge is 2.26. The summed E-state index contributed by atoms with van der Waals surface area (Å²) in [6.07, 6.45) is 0.885. The van der Waals surface area contributed by atoms with Crippen LogP contribution in [0.5, 0.6) is 0 Å². The van der Waals surface area contributed by atoms with Gasteiger partial charge < -0.3 is 10.0 Å². The van der Waals surface area contributed by atoms with E-state index < -0.39 is 5.95 Å². The number of amides is 1. The first-order valence-corrected chi connectivity index (χ1v) is 6.92. The van der Waals surface area contributed by atoms with Gasteiger partial charge in [0.15, 0.2) is 0 Å².